The van der Waals surface area contributed by atoms with E-state index in [0.717, 1.165) is 16.6 Å². The van der Waals surface area contributed by atoms with Crippen LogP contribution >= 0.6 is 0 Å². The summed E-state index contributed by atoms with van der Waals surface area (Å²) in [6.45, 7) is 0.305. The third-order valence-corrected chi connectivity index (χ3v) is 4.43. The smallest absolute Gasteiger partial charge is 0.270 e. The molecule has 1 amide bonds. The van der Waals surface area contributed by atoms with E-state index in [4.69, 9.17) is 0 Å². The summed E-state index contributed by atoms with van der Waals surface area (Å²) < 4.78 is 13.7. The summed E-state index contributed by atoms with van der Waals surface area (Å²) in [5, 5.41) is 6.95. The quantitative estimate of drug-likeness (QED) is 0.525. The zero-order valence-electron chi connectivity index (χ0n) is 15.5. The van der Waals surface area contributed by atoms with Gasteiger partial charge in [0.1, 0.15) is 23.7 Å². The fraction of sp³-hybridized carbons (Fsp3) is 0.0909. The average Bonchev–Trinajstić information content (AvgIpc) is 2.75. The van der Waals surface area contributed by atoms with Crippen molar-refractivity contribution in [2.45, 2.75) is 6.42 Å². The number of nitrogens with zero attached hydrogens (tertiary/aromatic N) is 3. The van der Waals surface area contributed by atoms with Crippen molar-refractivity contribution < 1.29 is 9.18 Å². The second-order valence-electron chi connectivity index (χ2n) is 6.39. The van der Waals surface area contributed by atoms with Gasteiger partial charge >= 0.3 is 0 Å². The lowest BCUT2D eigenvalue weighted by Crippen LogP contribution is -2.26. The van der Waals surface area contributed by atoms with Gasteiger partial charge in [-0.1, -0.05) is 36.4 Å². The van der Waals surface area contributed by atoms with Crippen molar-refractivity contribution in [2.24, 2.45) is 0 Å². The summed E-state index contributed by atoms with van der Waals surface area (Å²) in [5.41, 5.74) is 2.38. The highest BCUT2D eigenvalue weighted by molar-refractivity contribution is 5.94. The third kappa shape index (κ3) is 4.35. The maximum Gasteiger partial charge on any atom is 0.270 e. The van der Waals surface area contributed by atoms with Crippen molar-refractivity contribution in [3.63, 3.8) is 0 Å². The number of carbonyl (C=O) groups excluding carboxylic acids is 1. The number of amides is 1. The largest absolute Gasteiger partial charge is 0.350 e. The van der Waals surface area contributed by atoms with Gasteiger partial charge in [-0.05, 0) is 30.2 Å². The normalized spacial score (nSPS) is 10.7. The molecule has 144 valence electrons. The monoisotopic (exact) mass is 387 g/mol. The Morgan fingerprint density at radius 2 is 1.83 bits per heavy atom. The summed E-state index contributed by atoms with van der Waals surface area (Å²) in [6.07, 6.45) is 3.45. The van der Waals surface area contributed by atoms with Crippen LogP contribution in [0.25, 0.3) is 10.9 Å². The Hall–Kier alpha value is -3.87. The highest BCUT2D eigenvalue weighted by Gasteiger charge is 2.10. The van der Waals surface area contributed by atoms with E-state index in [1.54, 1.807) is 30.5 Å². The van der Waals surface area contributed by atoms with E-state index in [1.165, 1.54) is 12.4 Å². The SMILES string of the molecule is O=C(NCCc1ccccc1F)c1cc(Nc2cccc3cccnc23)ncn1. The number of fused-ring (bicyclic) bond motifs is 1. The number of nitrogens with one attached hydrogen (secondary N) is 2. The molecular formula is C22H18FN5O. The number of pyridine rings is 1. The van der Waals surface area contributed by atoms with Gasteiger partial charge in [0, 0.05) is 24.2 Å². The summed E-state index contributed by atoms with van der Waals surface area (Å²) >= 11 is 0. The van der Waals surface area contributed by atoms with Crippen LogP contribution in [0.5, 0.6) is 0 Å². The van der Waals surface area contributed by atoms with E-state index >= 15 is 0 Å². The average molecular weight is 387 g/mol. The zero-order valence-corrected chi connectivity index (χ0v) is 15.5. The molecule has 0 radical (unpaired) electrons. The standard InChI is InChI=1S/C22H18FN5O/c23-17-8-2-1-5-15(17)10-12-25-22(29)19-13-20(27-14-26-19)28-18-9-3-6-16-7-4-11-24-21(16)18/h1-9,11,13-14H,10,12H2,(H,25,29)(H,26,27,28). The van der Waals surface area contributed by atoms with Crippen LogP contribution in [0.15, 0.2) is 73.2 Å². The Bertz CT molecular complexity index is 1160. The molecule has 0 spiro atoms. The Balaban J connectivity index is 1.44. The first-order valence-corrected chi connectivity index (χ1v) is 9.15. The molecular weight excluding hydrogens is 369 g/mol. The van der Waals surface area contributed by atoms with Crippen LogP contribution in [0, 0.1) is 5.82 Å². The first-order valence-electron chi connectivity index (χ1n) is 9.15. The molecule has 0 aliphatic rings. The molecule has 4 aromatic rings. The number of anilines is 2. The highest BCUT2D eigenvalue weighted by atomic mass is 19.1. The fourth-order valence-electron chi connectivity index (χ4n) is 3.00. The molecule has 7 heteroatoms. The van der Waals surface area contributed by atoms with Crippen molar-refractivity contribution in [2.75, 3.05) is 11.9 Å². The molecule has 2 aromatic carbocycles. The predicted octanol–water partition coefficient (Wildman–Crippen LogP) is 3.88. The molecule has 0 bridgehead atoms. The number of hydrogen-bond acceptors (Lipinski definition) is 5. The fourth-order valence-corrected chi connectivity index (χ4v) is 3.00. The van der Waals surface area contributed by atoms with Crippen LogP contribution in [0.4, 0.5) is 15.9 Å². The van der Waals surface area contributed by atoms with Crippen LogP contribution in [-0.4, -0.2) is 27.4 Å². The van der Waals surface area contributed by atoms with Gasteiger partial charge in [0.2, 0.25) is 0 Å². The Morgan fingerprint density at radius 1 is 0.966 bits per heavy atom. The number of aromatic nitrogens is 3. The van der Waals surface area contributed by atoms with E-state index in [1.807, 2.05) is 30.3 Å². The van der Waals surface area contributed by atoms with Crippen molar-refractivity contribution in [1.82, 2.24) is 20.3 Å². The number of hydrogen-bond donors (Lipinski definition) is 2. The van der Waals surface area contributed by atoms with Crippen molar-refractivity contribution >= 4 is 28.3 Å². The summed E-state index contributed by atoms with van der Waals surface area (Å²) in [6, 6.07) is 17.7. The van der Waals surface area contributed by atoms with Gasteiger partial charge in [-0.25, -0.2) is 14.4 Å². The summed E-state index contributed by atoms with van der Waals surface area (Å²) in [5.74, 6) is -0.140. The summed E-state index contributed by atoms with van der Waals surface area (Å²) in [7, 11) is 0. The van der Waals surface area contributed by atoms with Crippen molar-refractivity contribution in [1.29, 1.82) is 0 Å². The maximum absolute atomic E-state index is 13.7. The molecule has 0 aliphatic carbocycles. The van der Waals surface area contributed by atoms with Crippen LogP contribution in [0.2, 0.25) is 0 Å². The first-order chi connectivity index (χ1) is 14.2. The lowest BCUT2D eigenvalue weighted by Gasteiger charge is -2.09. The second kappa shape index (κ2) is 8.43. The molecule has 4 rings (SSSR count). The molecule has 29 heavy (non-hydrogen) atoms. The van der Waals surface area contributed by atoms with Gasteiger partial charge in [-0.15, -0.1) is 0 Å². The number of para-hydroxylation sites is 1. The molecule has 2 heterocycles. The van der Waals surface area contributed by atoms with E-state index < -0.39 is 0 Å². The molecule has 2 aromatic heterocycles. The minimum absolute atomic E-state index is 0.226. The van der Waals surface area contributed by atoms with Crippen molar-refractivity contribution in [3.05, 3.63) is 90.3 Å². The Kier molecular flexibility index (Phi) is 5.38. The Morgan fingerprint density at radius 3 is 2.72 bits per heavy atom. The number of carbonyl (C=O) groups is 1. The van der Waals surface area contributed by atoms with Crippen LogP contribution in [0.3, 0.4) is 0 Å². The summed E-state index contributed by atoms with van der Waals surface area (Å²) in [4.78, 5) is 25.0. The number of benzene rings is 2. The second-order valence-corrected chi connectivity index (χ2v) is 6.39. The topological polar surface area (TPSA) is 79.8 Å². The molecule has 0 saturated carbocycles. The third-order valence-electron chi connectivity index (χ3n) is 4.43. The van der Waals surface area contributed by atoms with Gasteiger partial charge in [0.25, 0.3) is 5.91 Å². The minimum atomic E-state index is -0.345. The predicted molar refractivity (Wildman–Crippen MR) is 109 cm³/mol. The van der Waals surface area contributed by atoms with Gasteiger partial charge in [0.15, 0.2) is 0 Å². The van der Waals surface area contributed by atoms with Gasteiger partial charge in [-0.2, -0.15) is 0 Å². The van der Waals surface area contributed by atoms with Crippen LogP contribution < -0.4 is 10.6 Å². The lowest BCUT2D eigenvalue weighted by molar-refractivity contribution is 0.0949. The van der Waals surface area contributed by atoms with E-state index in [2.05, 4.69) is 25.6 Å². The molecule has 0 aliphatic heterocycles. The van der Waals surface area contributed by atoms with Gasteiger partial charge < -0.3 is 10.6 Å². The van der Waals surface area contributed by atoms with Gasteiger partial charge in [0.05, 0.1) is 11.2 Å². The molecule has 0 atom stereocenters. The maximum atomic E-state index is 13.7. The number of rotatable bonds is 6. The minimum Gasteiger partial charge on any atom is -0.350 e. The van der Waals surface area contributed by atoms with Crippen LogP contribution in [0.1, 0.15) is 16.1 Å². The molecule has 0 saturated heterocycles. The number of halogens is 1. The van der Waals surface area contributed by atoms with E-state index in [0.29, 0.717) is 24.3 Å². The van der Waals surface area contributed by atoms with Crippen molar-refractivity contribution in [3.8, 4) is 0 Å². The molecule has 2 N–H and O–H groups in total. The van der Waals surface area contributed by atoms with E-state index in [-0.39, 0.29) is 17.4 Å². The first kappa shape index (κ1) is 18.5. The van der Waals surface area contributed by atoms with E-state index in [9.17, 15) is 9.18 Å². The lowest BCUT2D eigenvalue weighted by atomic mass is 10.1. The molecule has 0 unspecified atom stereocenters. The van der Waals surface area contributed by atoms with Gasteiger partial charge in [-0.3, -0.25) is 9.78 Å². The Labute approximate surface area is 166 Å². The zero-order chi connectivity index (χ0) is 20.1. The molecule has 6 nitrogen and oxygen atoms in total. The highest BCUT2D eigenvalue weighted by Crippen LogP contribution is 2.23. The van der Waals surface area contributed by atoms with Crippen LogP contribution in [-0.2, 0) is 6.42 Å². The molecule has 0 fully saturated rings.